The van der Waals surface area contributed by atoms with E-state index >= 15 is 4.39 Å². The minimum absolute atomic E-state index is 0.169. The number of carbonyl (C=O) groups excluding carboxylic acids is 4. The molecule has 3 fully saturated rings. The second-order valence-corrected chi connectivity index (χ2v) is 20.8. The lowest BCUT2D eigenvalue weighted by Crippen LogP contribution is -2.51. The summed E-state index contributed by atoms with van der Waals surface area (Å²) in [6.45, 7) is 15.5. The van der Waals surface area contributed by atoms with Gasteiger partial charge in [-0.1, -0.05) is 39.8 Å². The fourth-order valence-electron chi connectivity index (χ4n) is 11.2. The van der Waals surface area contributed by atoms with E-state index in [9.17, 15) is 29.1 Å². The number of likely N-dealkylation sites (N-methyl/N-ethyl adjacent to an activating group) is 1. The number of rotatable bonds is 12. The van der Waals surface area contributed by atoms with Gasteiger partial charge in [-0.3, -0.25) is 19.3 Å². The van der Waals surface area contributed by atoms with Crippen molar-refractivity contribution in [2.45, 2.75) is 136 Å². The molecular weight excluding hydrogens is 896 g/mol. The molecule has 5 heterocycles. The maximum atomic E-state index is 16.6. The van der Waals surface area contributed by atoms with E-state index in [1.165, 1.54) is 32.0 Å². The van der Waals surface area contributed by atoms with Gasteiger partial charge in [0.2, 0.25) is 17.7 Å². The second-order valence-electron chi connectivity index (χ2n) is 20.8. The Kier molecular flexibility index (Phi) is 13.9. The number of hydrogen-bond acceptors (Lipinski definition) is 9. The lowest BCUT2D eigenvalue weighted by molar-refractivity contribution is -0.138. The van der Waals surface area contributed by atoms with Crippen LogP contribution in [0.1, 0.15) is 141 Å². The summed E-state index contributed by atoms with van der Waals surface area (Å²) in [5.74, 6) is -0.316. The van der Waals surface area contributed by atoms with Gasteiger partial charge in [-0.2, -0.15) is 0 Å². The molecule has 374 valence electrons. The first-order chi connectivity index (χ1) is 33.2. The standard InChI is InChI=1S/C52H67FN10O7/c1-28(2)44(58-50(67)70-10)48(65)60-23-11-13-42(60)46-54-35-18-15-31(25-37(35)56-46)39-21-22-40(62(39)33-17-20-41(34(53)27-33)63(30(5)64)52(6,7)8)32-16-19-36-38(26-32)57-47(55-36)43-14-12-24-61(43)49(66)45(29(3)4)59(9)51(68)69/h15-20,25-29,39-40,42-45H,11-14,21-24H2,1-10H3,(H,54,56)(H,55,57)(H,58,67)(H,68,69)/t39-,40-,42+,43+,44+,45+/m1/s1. The molecule has 5 aromatic rings. The molecular formula is C52H67FN10O7. The number of fused-ring (bicyclic) bond motifs is 2. The Bertz CT molecular complexity index is 2800. The van der Waals surface area contributed by atoms with Crippen molar-refractivity contribution in [2.24, 2.45) is 11.8 Å². The minimum atomic E-state index is -1.16. The summed E-state index contributed by atoms with van der Waals surface area (Å²) in [6, 6.07) is 14.6. The highest BCUT2D eigenvalue weighted by Gasteiger charge is 2.42. The van der Waals surface area contributed by atoms with Crippen LogP contribution in [0, 0.1) is 17.7 Å². The van der Waals surface area contributed by atoms with E-state index in [1.54, 1.807) is 15.9 Å². The first-order valence-electron chi connectivity index (χ1n) is 24.5. The largest absolute Gasteiger partial charge is 0.465 e. The lowest BCUT2D eigenvalue weighted by Gasteiger charge is -2.36. The van der Waals surface area contributed by atoms with Crippen molar-refractivity contribution in [1.82, 2.24) is 40.0 Å². The molecule has 8 rings (SSSR count). The van der Waals surface area contributed by atoms with Gasteiger partial charge in [0.1, 0.15) is 29.5 Å². The quantitative estimate of drug-likeness (QED) is 0.0935. The minimum Gasteiger partial charge on any atom is -0.465 e. The zero-order chi connectivity index (χ0) is 50.5. The average molecular weight is 963 g/mol. The number of likely N-dealkylation sites (tertiary alicyclic amines) is 2. The smallest absolute Gasteiger partial charge is 0.407 e. The van der Waals surface area contributed by atoms with Crippen LogP contribution in [-0.2, 0) is 19.1 Å². The number of nitrogens with one attached hydrogen (secondary N) is 3. The van der Waals surface area contributed by atoms with E-state index in [0.717, 1.165) is 63.8 Å². The number of nitrogens with zero attached hydrogens (tertiary/aromatic N) is 7. The summed E-state index contributed by atoms with van der Waals surface area (Å²) in [5, 5.41) is 12.5. The molecule has 70 heavy (non-hydrogen) atoms. The lowest BCUT2D eigenvalue weighted by atomic mass is 10.0. The van der Waals surface area contributed by atoms with Gasteiger partial charge in [-0.15, -0.1) is 0 Å². The highest BCUT2D eigenvalue weighted by Crippen LogP contribution is 2.49. The number of hydrogen-bond donors (Lipinski definition) is 4. The zero-order valence-corrected chi connectivity index (χ0v) is 41.9. The molecule has 5 amide bonds. The normalized spacial score (nSPS) is 20.4. The van der Waals surface area contributed by atoms with Crippen molar-refractivity contribution in [3.05, 3.63) is 83.2 Å². The number of carboxylic acid groups (broad SMARTS) is 1. The van der Waals surface area contributed by atoms with E-state index in [4.69, 9.17) is 14.7 Å². The van der Waals surface area contributed by atoms with Crippen molar-refractivity contribution < 1.29 is 38.2 Å². The van der Waals surface area contributed by atoms with Crippen LogP contribution in [0.25, 0.3) is 22.1 Å². The van der Waals surface area contributed by atoms with Crippen molar-refractivity contribution in [2.75, 3.05) is 37.0 Å². The first kappa shape index (κ1) is 49.7. The molecule has 0 unspecified atom stereocenters. The number of benzene rings is 3. The molecule has 17 nitrogen and oxygen atoms in total. The Morgan fingerprint density at radius 1 is 0.771 bits per heavy atom. The maximum Gasteiger partial charge on any atom is 0.407 e. The summed E-state index contributed by atoms with van der Waals surface area (Å²) >= 11 is 0. The number of methoxy groups -OCH3 is 1. The fraction of sp³-hybridized carbons (Fsp3) is 0.519. The third kappa shape index (κ3) is 9.48. The van der Waals surface area contributed by atoms with Gasteiger partial charge in [0.25, 0.3) is 0 Å². The molecule has 2 aromatic heterocycles. The number of amides is 5. The van der Waals surface area contributed by atoms with E-state index in [0.29, 0.717) is 43.3 Å². The van der Waals surface area contributed by atoms with Crippen molar-refractivity contribution in [3.63, 3.8) is 0 Å². The molecule has 0 radical (unpaired) electrons. The van der Waals surface area contributed by atoms with E-state index in [1.807, 2.05) is 72.7 Å². The van der Waals surface area contributed by atoms with Crippen LogP contribution in [0.5, 0.6) is 0 Å². The van der Waals surface area contributed by atoms with Crippen LogP contribution in [0.3, 0.4) is 0 Å². The van der Waals surface area contributed by atoms with Crippen LogP contribution >= 0.6 is 0 Å². The van der Waals surface area contributed by atoms with Crippen LogP contribution in [0.4, 0.5) is 25.4 Å². The number of ether oxygens (including phenoxy) is 1. The van der Waals surface area contributed by atoms with Crippen molar-refractivity contribution in [3.8, 4) is 0 Å². The van der Waals surface area contributed by atoms with Gasteiger partial charge in [0.15, 0.2) is 0 Å². The highest BCUT2D eigenvalue weighted by molar-refractivity contribution is 5.93. The predicted octanol–water partition coefficient (Wildman–Crippen LogP) is 9.15. The Morgan fingerprint density at radius 3 is 1.74 bits per heavy atom. The average Bonchev–Trinajstić information content (AvgIpc) is 4.16. The third-order valence-electron chi connectivity index (χ3n) is 14.4. The number of carbonyl (C=O) groups is 5. The fourth-order valence-corrected chi connectivity index (χ4v) is 11.2. The summed E-state index contributed by atoms with van der Waals surface area (Å²) < 4.78 is 21.4. The van der Waals surface area contributed by atoms with Crippen molar-refractivity contribution in [1.29, 1.82) is 0 Å². The van der Waals surface area contributed by atoms with Gasteiger partial charge in [0.05, 0.1) is 59.0 Å². The SMILES string of the molecule is COC(=O)N[C@H](C(=O)N1CCC[C@H]1c1nc2ccc([C@H]3CC[C@H](c4ccc5nc([C@@H]6CCCN6C(=O)[C@H](C(C)C)N(C)C(=O)O)[nH]c5c4)N3c3ccc(N(C(C)=O)C(C)(C)C)c(F)c3)cc2[nH]1)C(C)C. The monoisotopic (exact) mass is 963 g/mol. The Balaban J connectivity index is 1.13. The molecule has 3 aliphatic rings. The first-order valence-corrected chi connectivity index (χ1v) is 24.5. The Hall–Kier alpha value is -6.72. The Labute approximate surface area is 408 Å². The van der Waals surface area contributed by atoms with E-state index in [2.05, 4.69) is 38.4 Å². The summed E-state index contributed by atoms with van der Waals surface area (Å²) in [7, 11) is 2.71. The predicted molar refractivity (Wildman–Crippen MR) is 265 cm³/mol. The summed E-state index contributed by atoms with van der Waals surface area (Å²) in [6.07, 6.45) is 2.56. The van der Waals surface area contributed by atoms with Gasteiger partial charge >= 0.3 is 12.2 Å². The molecule has 18 heteroatoms. The van der Waals surface area contributed by atoms with E-state index < -0.39 is 35.6 Å². The number of alkyl carbamates (subject to hydrolysis) is 1. The molecule has 0 spiro atoms. The number of halogens is 1. The van der Waals surface area contributed by atoms with Crippen LogP contribution in [-0.4, -0.2) is 115 Å². The van der Waals surface area contributed by atoms with Crippen LogP contribution in [0.2, 0.25) is 0 Å². The molecule has 6 atom stereocenters. The van der Waals surface area contributed by atoms with Crippen molar-refractivity contribution >= 4 is 63.3 Å². The molecule has 3 aromatic carbocycles. The van der Waals surface area contributed by atoms with Crippen LogP contribution < -0.4 is 15.1 Å². The van der Waals surface area contributed by atoms with Crippen LogP contribution in [0.15, 0.2) is 54.6 Å². The summed E-state index contributed by atoms with van der Waals surface area (Å²) in [5.41, 5.74) is 5.19. The molecule has 3 saturated heterocycles. The number of anilines is 2. The highest BCUT2D eigenvalue weighted by atomic mass is 19.1. The second kappa shape index (κ2) is 19.6. The van der Waals surface area contributed by atoms with Gasteiger partial charge in [0, 0.05) is 38.3 Å². The van der Waals surface area contributed by atoms with E-state index in [-0.39, 0.29) is 59.4 Å². The molecule has 0 aliphatic carbocycles. The molecule has 0 saturated carbocycles. The van der Waals surface area contributed by atoms with Gasteiger partial charge in [-0.05, 0) is 125 Å². The maximum absolute atomic E-state index is 16.6. The molecule has 4 N–H and O–H groups in total. The number of aromatic amines is 2. The molecule has 3 aliphatic heterocycles. The van der Waals surface area contributed by atoms with Gasteiger partial charge in [-0.25, -0.2) is 23.9 Å². The number of imidazole rings is 2. The summed E-state index contributed by atoms with van der Waals surface area (Å²) in [4.78, 5) is 90.4. The zero-order valence-electron chi connectivity index (χ0n) is 41.9. The third-order valence-corrected chi connectivity index (χ3v) is 14.4. The Morgan fingerprint density at radius 2 is 1.30 bits per heavy atom. The van der Waals surface area contributed by atoms with Gasteiger partial charge < -0.3 is 44.7 Å². The topological polar surface area (TPSA) is 200 Å². The molecule has 0 bridgehead atoms. The number of H-pyrrole nitrogens is 2. The number of aromatic nitrogens is 4.